The van der Waals surface area contributed by atoms with Crippen molar-refractivity contribution in [3.05, 3.63) is 81.6 Å². The Morgan fingerprint density at radius 3 is 2.74 bits per heavy atom. The van der Waals surface area contributed by atoms with Gasteiger partial charge in [0.1, 0.15) is 5.56 Å². The summed E-state index contributed by atoms with van der Waals surface area (Å²) in [6.07, 6.45) is 4.36. The van der Waals surface area contributed by atoms with Gasteiger partial charge in [-0.05, 0) is 50.3 Å². The molecule has 4 heteroatoms. The van der Waals surface area contributed by atoms with Crippen molar-refractivity contribution in [3.8, 4) is 0 Å². The van der Waals surface area contributed by atoms with Crippen molar-refractivity contribution in [1.82, 2.24) is 9.88 Å². The lowest BCUT2D eigenvalue weighted by Gasteiger charge is -2.16. The van der Waals surface area contributed by atoms with Gasteiger partial charge in [-0.2, -0.15) is 0 Å². The monoisotopic (exact) mass is 360 g/mol. The predicted molar refractivity (Wildman–Crippen MR) is 108 cm³/mol. The van der Waals surface area contributed by atoms with Gasteiger partial charge in [0, 0.05) is 23.7 Å². The van der Waals surface area contributed by atoms with E-state index in [1.807, 2.05) is 37.3 Å². The highest BCUT2D eigenvalue weighted by atomic mass is 16.2. The Morgan fingerprint density at radius 1 is 1.19 bits per heavy atom. The number of para-hydroxylation sites is 1. The molecule has 138 valence electrons. The lowest BCUT2D eigenvalue weighted by molar-refractivity contribution is 0.0936. The first-order chi connectivity index (χ1) is 13.0. The fourth-order valence-electron chi connectivity index (χ4n) is 3.98. The molecule has 0 radical (unpaired) electrons. The molecule has 3 aromatic rings. The van der Waals surface area contributed by atoms with Gasteiger partial charge < -0.3 is 9.88 Å². The first-order valence-electron chi connectivity index (χ1n) is 9.56. The summed E-state index contributed by atoms with van der Waals surface area (Å²) in [5, 5.41) is 3.64. The SMILES string of the molecule is C[C@@H](CCc1ccccc1)NC(=O)c1cn2c3c(cccc3c1=O)C[C@@H]2C. The zero-order valence-electron chi connectivity index (χ0n) is 15.7. The molecule has 0 spiro atoms. The highest BCUT2D eigenvalue weighted by Crippen LogP contribution is 2.30. The van der Waals surface area contributed by atoms with Gasteiger partial charge in [0.15, 0.2) is 0 Å². The van der Waals surface area contributed by atoms with Crippen molar-refractivity contribution in [1.29, 1.82) is 0 Å². The number of nitrogens with one attached hydrogen (secondary N) is 1. The lowest BCUT2D eigenvalue weighted by atomic mass is 10.1. The Labute approximate surface area is 158 Å². The van der Waals surface area contributed by atoms with E-state index >= 15 is 0 Å². The summed E-state index contributed by atoms with van der Waals surface area (Å²) in [5.41, 5.74) is 3.47. The highest BCUT2D eigenvalue weighted by molar-refractivity contribution is 5.98. The minimum absolute atomic E-state index is 0.00450. The molecule has 0 aliphatic carbocycles. The number of carbonyl (C=O) groups excluding carboxylic acids is 1. The van der Waals surface area contributed by atoms with Gasteiger partial charge in [0.2, 0.25) is 5.43 Å². The summed E-state index contributed by atoms with van der Waals surface area (Å²) >= 11 is 0. The van der Waals surface area contributed by atoms with Crippen LogP contribution >= 0.6 is 0 Å². The number of rotatable bonds is 5. The van der Waals surface area contributed by atoms with Gasteiger partial charge in [0.05, 0.1) is 5.52 Å². The molecule has 1 N–H and O–H groups in total. The van der Waals surface area contributed by atoms with Gasteiger partial charge in [-0.1, -0.05) is 42.5 Å². The number of benzene rings is 2. The summed E-state index contributed by atoms with van der Waals surface area (Å²) < 4.78 is 2.08. The number of aryl methyl sites for hydroxylation is 1. The minimum Gasteiger partial charge on any atom is -0.349 e. The fraction of sp³-hybridized carbons (Fsp3) is 0.304. The third-order valence-corrected chi connectivity index (χ3v) is 5.46. The summed E-state index contributed by atoms with van der Waals surface area (Å²) in [5.74, 6) is -0.282. The van der Waals surface area contributed by atoms with E-state index in [9.17, 15) is 9.59 Å². The fourth-order valence-corrected chi connectivity index (χ4v) is 3.98. The van der Waals surface area contributed by atoms with Crippen LogP contribution in [0, 0.1) is 0 Å². The third-order valence-electron chi connectivity index (χ3n) is 5.46. The number of hydrogen-bond donors (Lipinski definition) is 1. The number of nitrogens with zero attached hydrogens (tertiary/aromatic N) is 1. The first kappa shape index (κ1) is 17.5. The molecule has 0 saturated heterocycles. The van der Waals surface area contributed by atoms with E-state index < -0.39 is 0 Å². The van der Waals surface area contributed by atoms with Gasteiger partial charge in [0.25, 0.3) is 5.91 Å². The molecule has 0 fully saturated rings. The van der Waals surface area contributed by atoms with E-state index in [1.54, 1.807) is 6.20 Å². The van der Waals surface area contributed by atoms with Crippen molar-refractivity contribution in [2.75, 3.05) is 0 Å². The second kappa shape index (κ2) is 7.03. The average Bonchev–Trinajstić information content (AvgIpc) is 2.99. The van der Waals surface area contributed by atoms with E-state index in [1.165, 1.54) is 11.1 Å². The van der Waals surface area contributed by atoms with Gasteiger partial charge >= 0.3 is 0 Å². The molecule has 0 saturated carbocycles. The van der Waals surface area contributed by atoms with Crippen molar-refractivity contribution < 1.29 is 4.79 Å². The van der Waals surface area contributed by atoms with Crippen LogP contribution in [0.4, 0.5) is 0 Å². The zero-order chi connectivity index (χ0) is 19.0. The normalized spacial score (nSPS) is 16.4. The van der Waals surface area contributed by atoms with Crippen LogP contribution in [-0.4, -0.2) is 16.5 Å². The Kier molecular flexibility index (Phi) is 4.56. The topological polar surface area (TPSA) is 51.1 Å². The molecule has 0 unspecified atom stereocenters. The van der Waals surface area contributed by atoms with Crippen molar-refractivity contribution >= 4 is 16.8 Å². The standard InChI is InChI=1S/C23H24N2O2/c1-15(11-12-17-7-4-3-5-8-17)24-23(27)20-14-25-16(2)13-18-9-6-10-19(21(18)25)22(20)26/h3-10,14-16H,11-13H2,1-2H3,(H,24,27)/t15-,16-/m0/s1. The zero-order valence-corrected chi connectivity index (χ0v) is 15.7. The lowest BCUT2D eigenvalue weighted by Crippen LogP contribution is -2.36. The molecule has 2 aromatic carbocycles. The summed E-state index contributed by atoms with van der Waals surface area (Å²) in [6.45, 7) is 4.10. The van der Waals surface area contributed by atoms with Crippen LogP contribution in [0.5, 0.6) is 0 Å². The molecular formula is C23H24N2O2. The Hall–Kier alpha value is -2.88. The molecule has 4 nitrogen and oxygen atoms in total. The van der Waals surface area contributed by atoms with E-state index in [2.05, 4.69) is 35.0 Å². The van der Waals surface area contributed by atoms with Gasteiger partial charge in [-0.15, -0.1) is 0 Å². The first-order valence-corrected chi connectivity index (χ1v) is 9.56. The minimum atomic E-state index is -0.282. The number of pyridine rings is 1. The molecule has 2 atom stereocenters. The van der Waals surface area contributed by atoms with Crippen LogP contribution in [-0.2, 0) is 12.8 Å². The molecule has 1 amide bonds. The molecule has 1 aromatic heterocycles. The maximum atomic E-state index is 12.9. The predicted octanol–water partition coefficient (Wildman–Crippen LogP) is 3.87. The van der Waals surface area contributed by atoms with Crippen LogP contribution in [0.1, 0.15) is 47.8 Å². The second-order valence-corrected chi connectivity index (χ2v) is 7.54. The molecular weight excluding hydrogens is 336 g/mol. The van der Waals surface area contributed by atoms with Crippen molar-refractivity contribution in [3.63, 3.8) is 0 Å². The number of amides is 1. The average molecular weight is 360 g/mol. The van der Waals surface area contributed by atoms with E-state index in [-0.39, 0.29) is 29.0 Å². The third kappa shape index (κ3) is 3.27. The van der Waals surface area contributed by atoms with Gasteiger partial charge in [-0.3, -0.25) is 9.59 Å². The number of hydrogen-bond acceptors (Lipinski definition) is 2. The molecule has 1 aliphatic rings. The molecule has 1 aliphatic heterocycles. The molecule has 2 heterocycles. The highest BCUT2D eigenvalue weighted by Gasteiger charge is 2.24. The maximum Gasteiger partial charge on any atom is 0.256 e. The van der Waals surface area contributed by atoms with E-state index in [4.69, 9.17) is 0 Å². The van der Waals surface area contributed by atoms with Gasteiger partial charge in [-0.25, -0.2) is 0 Å². The maximum absolute atomic E-state index is 12.9. The quantitative estimate of drug-likeness (QED) is 0.751. The summed E-state index contributed by atoms with van der Waals surface area (Å²) in [6, 6.07) is 16.3. The largest absolute Gasteiger partial charge is 0.349 e. The molecule has 0 bridgehead atoms. The van der Waals surface area contributed by atoms with E-state index in [0.29, 0.717) is 5.39 Å². The van der Waals surface area contributed by atoms with Crippen molar-refractivity contribution in [2.45, 2.75) is 45.2 Å². The van der Waals surface area contributed by atoms with Crippen LogP contribution in [0.2, 0.25) is 0 Å². The Bertz CT molecular complexity index is 1050. The van der Waals surface area contributed by atoms with Crippen LogP contribution < -0.4 is 10.7 Å². The second-order valence-electron chi connectivity index (χ2n) is 7.54. The summed E-state index contributed by atoms with van der Waals surface area (Å²) in [4.78, 5) is 25.7. The van der Waals surface area contributed by atoms with Crippen LogP contribution in [0.15, 0.2) is 59.5 Å². The van der Waals surface area contributed by atoms with Crippen LogP contribution in [0.3, 0.4) is 0 Å². The van der Waals surface area contributed by atoms with Crippen molar-refractivity contribution in [2.24, 2.45) is 0 Å². The van der Waals surface area contributed by atoms with E-state index in [0.717, 1.165) is 24.8 Å². The Balaban J connectivity index is 1.55. The molecule has 27 heavy (non-hydrogen) atoms. The summed E-state index contributed by atoms with van der Waals surface area (Å²) in [7, 11) is 0. The molecule has 4 rings (SSSR count). The Morgan fingerprint density at radius 2 is 1.96 bits per heavy atom. The smallest absolute Gasteiger partial charge is 0.256 e. The number of aromatic nitrogens is 1. The number of carbonyl (C=O) groups is 1. The van der Waals surface area contributed by atoms with Crippen LogP contribution in [0.25, 0.3) is 10.9 Å².